The summed E-state index contributed by atoms with van der Waals surface area (Å²) in [6.07, 6.45) is 1.76. The minimum Gasteiger partial charge on any atom is -0.378 e. The molecule has 3 heteroatoms. The molecule has 1 unspecified atom stereocenters. The Hall–Kier alpha value is -0.120. The summed E-state index contributed by atoms with van der Waals surface area (Å²) >= 11 is 0. The van der Waals surface area contributed by atoms with E-state index in [0.717, 1.165) is 39.0 Å². The Kier molecular flexibility index (Phi) is 6.34. The molecule has 1 heterocycles. The van der Waals surface area contributed by atoms with Gasteiger partial charge in [-0.1, -0.05) is 20.8 Å². The smallest absolute Gasteiger partial charge is 0.107 e. The Morgan fingerprint density at radius 2 is 2.00 bits per heavy atom. The third kappa shape index (κ3) is 3.52. The fraction of sp³-hybridized carbons (Fsp3) is 1.00. The average Bonchev–Trinajstić information content (AvgIpc) is 2.07. The summed E-state index contributed by atoms with van der Waals surface area (Å²) in [5.74, 6) is 0. The minimum atomic E-state index is -0.206. The van der Waals surface area contributed by atoms with Gasteiger partial charge < -0.3 is 10.4 Å². The van der Waals surface area contributed by atoms with E-state index >= 15 is 0 Å². The molecule has 0 spiro atoms. The molecule has 0 aromatic carbocycles. The maximum atomic E-state index is 9.57. The first kappa shape index (κ1) is 11.9. The molecule has 1 aliphatic rings. The Labute approximate surface area is 75.8 Å². The largest absolute Gasteiger partial charge is 0.378 e. The highest BCUT2D eigenvalue weighted by Crippen LogP contribution is 2.04. The van der Waals surface area contributed by atoms with Gasteiger partial charge >= 0.3 is 0 Å². The molecule has 1 fully saturated rings. The van der Waals surface area contributed by atoms with Crippen LogP contribution in [0.1, 0.15) is 27.2 Å². The van der Waals surface area contributed by atoms with Crippen LogP contribution >= 0.6 is 0 Å². The molecule has 0 bridgehead atoms. The van der Waals surface area contributed by atoms with Gasteiger partial charge in [-0.3, -0.25) is 4.90 Å². The molecule has 1 rings (SSSR count). The van der Waals surface area contributed by atoms with Crippen LogP contribution in [0.5, 0.6) is 0 Å². The van der Waals surface area contributed by atoms with Crippen LogP contribution in [0.3, 0.4) is 0 Å². The van der Waals surface area contributed by atoms with Crippen molar-refractivity contribution in [2.75, 3.05) is 26.2 Å². The molecule has 0 amide bonds. The van der Waals surface area contributed by atoms with Gasteiger partial charge in [-0.25, -0.2) is 0 Å². The van der Waals surface area contributed by atoms with Crippen molar-refractivity contribution < 1.29 is 5.11 Å². The molecule has 0 saturated carbocycles. The molecule has 1 aliphatic heterocycles. The molecule has 1 atom stereocenters. The molecule has 12 heavy (non-hydrogen) atoms. The van der Waals surface area contributed by atoms with E-state index in [2.05, 4.69) is 17.1 Å². The summed E-state index contributed by atoms with van der Waals surface area (Å²) in [7, 11) is 0. The monoisotopic (exact) mass is 174 g/mol. The average molecular weight is 174 g/mol. The Morgan fingerprint density at radius 3 is 2.50 bits per heavy atom. The lowest BCUT2D eigenvalue weighted by atomic mass is 10.2. The number of aliphatic hydroxyl groups is 1. The van der Waals surface area contributed by atoms with Gasteiger partial charge in [0.15, 0.2) is 0 Å². The van der Waals surface area contributed by atoms with Crippen LogP contribution in [0.4, 0.5) is 0 Å². The van der Waals surface area contributed by atoms with Crippen LogP contribution in [0, 0.1) is 0 Å². The van der Waals surface area contributed by atoms with Crippen LogP contribution in [0.2, 0.25) is 0 Å². The summed E-state index contributed by atoms with van der Waals surface area (Å²) in [6, 6.07) is 0. The Bertz CT molecular complexity index is 103. The lowest BCUT2D eigenvalue weighted by molar-refractivity contribution is -0.00948. The number of nitrogens with one attached hydrogen (secondary N) is 1. The van der Waals surface area contributed by atoms with E-state index in [9.17, 15) is 5.11 Å². The van der Waals surface area contributed by atoms with Crippen LogP contribution in [0.25, 0.3) is 0 Å². The van der Waals surface area contributed by atoms with Gasteiger partial charge in [0.05, 0.1) is 0 Å². The standard InChI is InChI=1S/C8H18N2O.CH4/c1-2-3-8(11)10-6-4-9-5-7-10;/h8-9,11H,2-7H2,1H3;1H4. The second kappa shape index (κ2) is 6.40. The quantitative estimate of drug-likeness (QED) is 0.659. The predicted molar refractivity (Wildman–Crippen MR) is 52.1 cm³/mol. The molecular weight excluding hydrogens is 152 g/mol. The summed E-state index contributed by atoms with van der Waals surface area (Å²) in [6.45, 7) is 6.11. The van der Waals surface area contributed by atoms with E-state index in [1.54, 1.807) is 0 Å². The zero-order valence-corrected chi connectivity index (χ0v) is 7.21. The van der Waals surface area contributed by atoms with E-state index in [1.165, 1.54) is 0 Å². The van der Waals surface area contributed by atoms with Gasteiger partial charge in [-0.15, -0.1) is 0 Å². The highest BCUT2D eigenvalue weighted by Gasteiger charge is 2.16. The number of piperazine rings is 1. The second-order valence-electron chi connectivity index (χ2n) is 3.06. The van der Waals surface area contributed by atoms with Crippen LogP contribution in [-0.4, -0.2) is 42.4 Å². The predicted octanol–water partition coefficient (Wildman–Crippen LogP) is 0.646. The SMILES string of the molecule is C.CCCC(O)N1CCNCC1. The van der Waals surface area contributed by atoms with Crippen molar-refractivity contribution >= 4 is 0 Å². The van der Waals surface area contributed by atoms with Gasteiger partial charge in [0.25, 0.3) is 0 Å². The maximum absolute atomic E-state index is 9.57. The van der Waals surface area contributed by atoms with Gasteiger partial charge in [0.1, 0.15) is 6.23 Å². The summed E-state index contributed by atoms with van der Waals surface area (Å²) in [4.78, 5) is 2.14. The van der Waals surface area contributed by atoms with Gasteiger partial charge in [0.2, 0.25) is 0 Å². The normalized spacial score (nSPS) is 21.5. The fourth-order valence-electron chi connectivity index (χ4n) is 1.42. The molecule has 3 nitrogen and oxygen atoms in total. The zero-order valence-electron chi connectivity index (χ0n) is 7.21. The molecule has 2 N–H and O–H groups in total. The number of hydrogen-bond acceptors (Lipinski definition) is 3. The molecule has 0 aromatic rings. The second-order valence-corrected chi connectivity index (χ2v) is 3.06. The maximum Gasteiger partial charge on any atom is 0.107 e. The lowest BCUT2D eigenvalue weighted by Gasteiger charge is -2.31. The van der Waals surface area contributed by atoms with Crippen molar-refractivity contribution in [3.63, 3.8) is 0 Å². The van der Waals surface area contributed by atoms with E-state index < -0.39 is 0 Å². The minimum absolute atomic E-state index is 0. The van der Waals surface area contributed by atoms with Gasteiger partial charge in [-0.05, 0) is 6.42 Å². The first-order chi connectivity index (χ1) is 5.34. The van der Waals surface area contributed by atoms with Crippen molar-refractivity contribution in [3.8, 4) is 0 Å². The van der Waals surface area contributed by atoms with E-state index in [4.69, 9.17) is 0 Å². The van der Waals surface area contributed by atoms with Crippen molar-refractivity contribution in [1.29, 1.82) is 0 Å². The van der Waals surface area contributed by atoms with Crippen LogP contribution in [0.15, 0.2) is 0 Å². The molecule has 74 valence electrons. The zero-order chi connectivity index (χ0) is 8.10. The summed E-state index contributed by atoms with van der Waals surface area (Å²) < 4.78 is 0. The van der Waals surface area contributed by atoms with Gasteiger partial charge in [0, 0.05) is 26.2 Å². The van der Waals surface area contributed by atoms with Crippen molar-refractivity contribution in [2.45, 2.75) is 33.4 Å². The molecule has 0 aromatic heterocycles. The van der Waals surface area contributed by atoms with E-state index in [0.29, 0.717) is 0 Å². The highest BCUT2D eigenvalue weighted by atomic mass is 16.3. The van der Waals surface area contributed by atoms with Crippen molar-refractivity contribution in [3.05, 3.63) is 0 Å². The summed E-state index contributed by atoms with van der Waals surface area (Å²) in [5.41, 5.74) is 0. The lowest BCUT2D eigenvalue weighted by Crippen LogP contribution is -2.48. The molecule has 0 radical (unpaired) electrons. The molecular formula is C9H22N2O. The first-order valence-corrected chi connectivity index (χ1v) is 4.47. The van der Waals surface area contributed by atoms with Crippen molar-refractivity contribution in [1.82, 2.24) is 10.2 Å². The third-order valence-corrected chi connectivity index (χ3v) is 2.12. The van der Waals surface area contributed by atoms with Crippen LogP contribution in [-0.2, 0) is 0 Å². The third-order valence-electron chi connectivity index (χ3n) is 2.12. The topological polar surface area (TPSA) is 35.5 Å². The fourth-order valence-corrected chi connectivity index (χ4v) is 1.42. The number of hydrogen-bond donors (Lipinski definition) is 2. The highest BCUT2D eigenvalue weighted by molar-refractivity contribution is 4.69. The van der Waals surface area contributed by atoms with Gasteiger partial charge in [-0.2, -0.15) is 0 Å². The number of rotatable bonds is 3. The summed E-state index contributed by atoms with van der Waals surface area (Å²) in [5, 5.41) is 12.8. The molecule has 0 aliphatic carbocycles. The Balaban J connectivity index is 0.00000121. The van der Waals surface area contributed by atoms with E-state index in [-0.39, 0.29) is 13.7 Å². The molecule has 1 saturated heterocycles. The van der Waals surface area contributed by atoms with E-state index in [1.807, 2.05) is 0 Å². The Morgan fingerprint density at radius 1 is 1.42 bits per heavy atom. The van der Waals surface area contributed by atoms with Crippen LogP contribution < -0.4 is 5.32 Å². The first-order valence-electron chi connectivity index (χ1n) is 4.47. The number of nitrogens with zero attached hydrogens (tertiary/aromatic N) is 1. The number of aliphatic hydroxyl groups excluding tert-OH is 1. The van der Waals surface area contributed by atoms with Crippen molar-refractivity contribution in [2.24, 2.45) is 0 Å².